The Hall–Kier alpha value is -1.39. The molecule has 5 nitrogen and oxygen atoms in total. The highest BCUT2D eigenvalue weighted by Gasteiger charge is 2.09. The average molecular weight is 201 g/mol. The van der Waals surface area contributed by atoms with Gasteiger partial charge in [-0.05, 0) is 13.8 Å². The van der Waals surface area contributed by atoms with Crippen molar-refractivity contribution in [3.63, 3.8) is 0 Å². The fraction of sp³-hybridized carbons (Fsp3) is 0.667. The third-order valence-electron chi connectivity index (χ3n) is 1.17. The highest BCUT2D eigenvalue weighted by Crippen LogP contribution is 1.95. The van der Waals surface area contributed by atoms with Gasteiger partial charge in [-0.25, -0.2) is 0 Å². The summed E-state index contributed by atoms with van der Waals surface area (Å²) in [5, 5.41) is 7.28. The van der Waals surface area contributed by atoms with Crippen molar-refractivity contribution in [2.75, 3.05) is 6.61 Å². The minimum absolute atomic E-state index is 0.0332. The first-order valence-electron chi connectivity index (χ1n) is 4.31. The largest absolute Gasteiger partial charge is 0.463 e. The van der Waals surface area contributed by atoms with E-state index in [0.29, 0.717) is 0 Å². The molecule has 80 valence electrons. The fourth-order valence-electron chi connectivity index (χ4n) is 0.719. The van der Waals surface area contributed by atoms with Gasteiger partial charge in [0, 0.05) is 6.92 Å². The van der Waals surface area contributed by atoms with Crippen LogP contribution in [0.5, 0.6) is 0 Å². The second kappa shape index (κ2) is 6.12. The van der Waals surface area contributed by atoms with Crippen molar-refractivity contribution in [3.05, 3.63) is 0 Å². The van der Waals surface area contributed by atoms with Crippen molar-refractivity contribution < 1.29 is 19.1 Å². The van der Waals surface area contributed by atoms with E-state index in [1.807, 2.05) is 0 Å². The molecule has 0 spiro atoms. The standard InChI is InChI=1S/C9H15NO4/c1-6(2)14-9(12)4-8(10)5-13-7(3)11/h6,10H,4-5H2,1-3H3. The number of carbonyl (C=O) groups excluding carboxylic acids is 2. The SMILES string of the molecule is CC(=O)OCC(=N)CC(=O)OC(C)C. The third-order valence-corrected chi connectivity index (χ3v) is 1.17. The summed E-state index contributed by atoms with van der Waals surface area (Å²) in [5.74, 6) is -0.941. The Labute approximate surface area is 82.9 Å². The summed E-state index contributed by atoms with van der Waals surface area (Å²) in [6.45, 7) is 4.56. The van der Waals surface area contributed by atoms with Gasteiger partial charge in [-0.2, -0.15) is 0 Å². The Morgan fingerprint density at radius 2 is 1.93 bits per heavy atom. The minimum atomic E-state index is -0.475. The number of hydrogen-bond donors (Lipinski definition) is 1. The molecule has 0 unspecified atom stereocenters. The quantitative estimate of drug-likeness (QED) is 0.529. The molecule has 1 N–H and O–H groups in total. The lowest BCUT2D eigenvalue weighted by Gasteiger charge is -2.08. The van der Waals surface area contributed by atoms with E-state index >= 15 is 0 Å². The summed E-state index contributed by atoms with van der Waals surface area (Å²) in [4.78, 5) is 21.4. The van der Waals surface area contributed by atoms with Crippen LogP contribution >= 0.6 is 0 Å². The molecule has 0 saturated heterocycles. The van der Waals surface area contributed by atoms with Gasteiger partial charge in [0.2, 0.25) is 0 Å². The molecule has 0 heterocycles. The van der Waals surface area contributed by atoms with Crippen molar-refractivity contribution >= 4 is 17.7 Å². The summed E-state index contributed by atoms with van der Waals surface area (Å²) in [5.41, 5.74) is 0.0332. The normalized spacial score (nSPS) is 9.71. The van der Waals surface area contributed by atoms with Crippen LogP contribution < -0.4 is 0 Å². The Morgan fingerprint density at radius 3 is 2.36 bits per heavy atom. The van der Waals surface area contributed by atoms with Crippen LogP contribution in [-0.4, -0.2) is 30.4 Å². The van der Waals surface area contributed by atoms with E-state index in [0.717, 1.165) is 0 Å². The van der Waals surface area contributed by atoms with E-state index in [-0.39, 0.29) is 24.8 Å². The van der Waals surface area contributed by atoms with Crippen molar-refractivity contribution in [2.45, 2.75) is 33.3 Å². The van der Waals surface area contributed by atoms with Gasteiger partial charge in [-0.1, -0.05) is 0 Å². The Morgan fingerprint density at radius 1 is 1.36 bits per heavy atom. The maximum absolute atomic E-state index is 11.0. The van der Waals surface area contributed by atoms with Gasteiger partial charge in [-0.3, -0.25) is 9.59 Å². The number of ether oxygens (including phenoxy) is 2. The van der Waals surface area contributed by atoms with Crippen LogP contribution in [0.25, 0.3) is 0 Å². The Bertz CT molecular complexity index is 235. The molecule has 0 amide bonds. The monoisotopic (exact) mass is 201 g/mol. The molecule has 0 aliphatic heterocycles. The second-order valence-corrected chi connectivity index (χ2v) is 3.10. The molecule has 0 aliphatic rings. The van der Waals surface area contributed by atoms with E-state index in [1.54, 1.807) is 13.8 Å². The lowest BCUT2D eigenvalue weighted by Crippen LogP contribution is -2.19. The van der Waals surface area contributed by atoms with E-state index < -0.39 is 11.9 Å². The molecule has 0 aliphatic carbocycles. The molecule has 0 aromatic heterocycles. The van der Waals surface area contributed by atoms with E-state index in [2.05, 4.69) is 4.74 Å². The van der Waals surface area contributed by atoms with Crippen molar-refractivity contribution in [3.8, 4) is 0 Å². The molecular weight excluding hydrogens is 186 g/mol. The lowest BCUT2D eigenvalue weighted by atomic mass is 10.3. The molecule has 0 aromatic carbocycles. The molecular formula is C9H15NO4. The van der Waals surface area contributed by atoms with Crippen LogP contribution in [0.15, 0.2) is 0 Å². The summed E-state index contributed by atoms with van der Waals surface area (Å²) in [6, 6.07) is 0. The molecule has 0 atom stereocenters. The Balaban J connectivity index is 3.72. The van der Waals surface area contributed by atoms with Crippen LogP contribution in [0.4, 0.5) is 0 Å². The van der Waals surface area contributed by atoms with Crippen LogP contribution in [-0.2, 0) is 19.1 Å². The topological polar surface area (TPSA) is 76.5 Å². The van der Waals surface area contributed by atoms with Crippen molar-refractivity contribution in [1.82, 2.24) is 0 Å². The number of rotatable bonds is 5. The maximum Gasteiger partial charge on any atom is 0.311 e. The van der Waals surface area contributed by atoms with Gasteiger partial charge in [0.25, 0.3) is 0 Å². The first-order valence-corrected chi connectivity index (χ1v) is 4.31. The van der Waals surface area contributed by atoms with Gasteiger partial charge in [-0.15, -0.1) is 0 Å². The second-order valence-electron chi connectivity index (χ2n) is 3.10. The highest BCUT2D eigenvalue weighted by atomic mass is 16.5. The predicted molar refractivity (Wildman–Crippen MR) is 50.2 cm³/mol. The van der Waals surface area contributed by atoms with E-state index in [9.17, 15) is 9.59 Å². The summed E-state index contributed by atoms with van der Waals surface area (Å²) in [7, 11) is 0. The van der Waals surface area contributed by atoms with Crippen LogP contribution in [0.3, 0.4) is 0 Å². The molecule has 0 saturated carbocycles. The number of carbonyl (C=O) groups is 2. The summed E-state index contributed by atoms with van der Waals surface area (Å²) in [6.07, 6.45) is -0.324. The third kappa shape index (κ3) is 7.27. The van der Waals surface area contributed by atoms with Gasteiger partial charge in [0.1, 0.15) is 6.61 Å². The fourth-order valence-corrected chi connectivity index (χ4v) is 0.719. The molecule has 0 rings (SSSR count). The first kappa shape index (κ1) is 12.6. The zero-order valence-electron chi connectivity index (χ0n) is 8.62. The van der Waals surface area contributed by atoms with Gasteiger partial charge < -0.3 is 14.9 Å². The molecule has 5 heteroatoms. The molecule has 0 bridgehead atoms. The predicted octanol–water partition coefficient (Wildman–Crippen LogP) is 0.911. The zero-order valence-corrected chi connectivity index (χ0v) is 8.62. The molecule has 14 heavy (non-hydrogen) atoms. The summed E-state index contributed by atoms with van der Waals surface area (Å²) < 4.78 is 9.35. The van der Waals surface area contributed by atoms with Crippen LogP contribution in [0, 0.1) is 5.41 Å². The van der Waals surface area contributed by atoms with Gasteiger partial charge >= 0.3 is 11.9 Å². The van der Waals surface area contributed by atoms with Gasteiger partial charge in [0.15, 0.2) is 0 Å². The Kier molecular flexibility index (Phi) is 5.52. The van der Waals surface area contributed by atoms with E-state index in [4.69, 9.17) is 10.1 Å². The smallest absolute Gasteiger partial charge is 0.311 e. The van der Waals surface area contributed by atoms with E-state index in [1.165, 1.54) is 6.92 Å². The highest BCUT2D eigenvalue weighted by molar-refractivity contribution is 5.98. The summed E-state index contributed by atoms with van der Waals surface area (Å²) >= 11 is 0. The zero-order chi connectivity index (χ0) is 11.1. The lowest BCUT2D eigenvalue weighted by molar-refractivity contribution is -0.146. The van der Waals surface area contributed by atoms with Crippen molar-refractivity contribution in [2.24, 2.45) is 0 Å². The molecule has 0 radical (unpaired) electrons. The average Bonchev–Trinajstić information content (AvgIpc) is 1.98. The minimum Gasteiger partial charge on any atom is -0.463 e. The van der Waals surface area contributed by atoms with Crippen LogP contribution in [0.2, 0.25) is 0 Å². The van der Waals surface area contributed by atoms with Crippen molar-refractivity contribution in [1.29, 1.82) is 5.41 Å². The number of esters is 2. The number of nitrogens with one attached hydrogen (secondary N) is 1. The molecule has 0 fully saturated rings. The number of hydrogen-bond acceptors (Lipinski definition) is 5. The molecule has 0 aromatic rings. The van der Waals surface area contributed by atoms with Gasteiger partial charge in [0.05, 0.1) is 18.2 Å². The maximum atomic E-state index is 11.0. The first-order chi connectivity index (χ1) is 6.41. The van der Waals surface area contributed by atoms with Crippen LogP contribution in [0.1, 0.15) is 27.2 Å².